The summed E-state index contributed by atoms with van der Waals surface area (Å²) >= 11 is 0. The van der Waals surface area contributed by atoms with Crippen LogP contribution in [-0.4, -0.2) is 0 Å². The van der Waals surface area contributed by atoms with Gasteiger partial charge in [0.15, 0.2) is 0 Å². The second kappa shape index (κ2) is 3.32. The standard InChI is InChI=1S/C6H9.Au/c1-5-6(2,3)4;/h2-4H3;/q-1;+1. The van der Waals surface area contributed by atoms with Crippen LogP contribution in [0.15, 0.2) is 0 Å². The van der Waals surface area contributed by atoms with Crippen LogP contribution in [0.2, 0.25) is 0 Å². The number of hydrogen-bond donors (Lipinski definition) is 0. The third-order valence-corrected chi connectivity index (χ3v) is 0.375. The smallest absolute Gasteiger partial charge is 0.693 e. The predicted octanol–water partition coefficient (Wildman–Crippen LogP) is 1.62. The van der Waals surface area contributed by atoms with Gasteiger partial charge in [-0.05, 0) is 5.41 Å². The van der Waals surface area contributed by atoms with Gasteiger partial charge in [0.1, 0.15) is 0 Å². The summed E-state index contributed by atoms with van der Waals surface area (Å²) < 4.78 is 0. The molecule has 0 aromatic carbocycles. The molecule has 0 atom stereocenters. The average Bonchev–Trinajstić information content (AvgIpc) is 1.35. The monoisotopic (exact) mass is 278 g/mol. The van der Waals surface area contributed by atoms with Crippen LogP contribution >= 0.6 is 0 Å². The summed E-state index contributed by atoms with van der Waals surface area (Å²) in [7, 11) is 0. The van der Waals surface area contributed by atoms with E-state index in [1.54, 1.807) is 0 Å². The summed E-state index contributed by atoms with van der Waals surface area (Å²) in [6.07, 6.45) is 6.60. The Kier molecular flexibility index (Phi) is 4.89. The first-order valence-electron chi connectivity index (χ1n) is 2.00. The Morgan fingerprint density at radius 2 is 1.43 bits per heavy atom. The largest absolute Gasteiger partial charge is 1.00 e. The molecule has 0 nitrogen and oxygen atoms in total. The van der Waals surface area contributed by atoms with Gasteiger partial charge in [0.05, 0.1) is 0 Å². The van der Waals surface area contributed by atoms with Crippen molar-refractivity contribution in [3.63, 3.8) is 0 Å². The molecule has 0 amide bonds. The van der Waals surface area contributed by atoms with E-state index >= 15 is 0 Å². The Morgan fingerprint density at radius 1 is 1.29 bits per heavy atom. The summed E-state index contributed by atoms with van der Waals surface area (Å²) in [5.41, 5.74) is -0.0417. The Balaban J connectivity index is 0. The first kappa shape index (κ1) is 10.3. The van der Waals surface area contributed by atoms with Gasteiger partial charge >= 0.3 is 22.4 Å². The molecular weight excluding hydrogens is 269 g/mol. The van der Waals surface area contributed by atoms with Crippen molar-refractivity contribution in [1.29, 1.82) is 0 Å². The first-order valence-corrected chi connectivity index (χ1v) is 2.00. The molecule has 0 heterocycles. The van der Waals surface area contributed by atoms with Crippen LogP contribution in [0.5, 0.6) is 0 Å². The molecule has 0 saturated heterocycles. The van der Waals surface area contributed by atoms with Gasteiger partial charge in [0.2, 0.25) is 0 Å². The van der Waals surface area contributed by atoms with Crippen LogP contribution in [-0.2, 0) is 22.4 Å². The molecular formula is C6H9Au. The van der Waals surface area contributed by atoms with E-state index in [1.165, 1.54) is 0 Å². The van der Waals surface area contributed by atoms with Crippen molar-refractivity contribution in [3.8, 4) is 5.92 Å². The summed E-state index contributed by atoms with van der Waals surface area (Å²) in [6.45, 7) is 5.83. The minimum atomic E-state index is -0.0417. The maximum atomic E-state index is 6.60. The molecule has 7 heavy (non-hydrogen) atoms. The Bertz CT molecular complexity index is 71.2. The molecule has 0 aliphatic heterocycles. The van der Waals surface area contributed by atoms with E-state index in [2.05, 4.69) is 5.92 Å². The van der Waals surface area contributed by atoms with Crippen LogP contribution < -0.4 is 0 Å². The van der Waals surface area contributed by atoms with Crippen molar-refractivity contribution in [2.45, 2.75) is 20.8 Å². The van der Waals surface area contributed by atoms with E-state index in [9.17, 15) is 0 Å². The molecule has 0 radical (unpaired) electrons. The molecule has 0 fully saturated rings. The Morgan fingerprint density at radius 3 is 1.43 bits per heavy atom. The molecule has 0 saturated carbocycles. The fourth-order valence-electron chi connectivity index (χ4n) is 0. The summed E-state index contributed by atoms with van der Waals surface area (Å²) in [5, 5.41) is 0. The van der Waals surface area contributed by atoms with E-state index in [0.29, 0.717) is 0 Å². The quantitative estimate of drug-likeness (QED) is 0.359. The van der Waals surface area contributed by atoms with Crippen molar-refractivity contribution >= 4 is 0 Å². The van der Waals surface area contributed by atoms with Crippen LogP contribution in [0.3, 0.4) is 0 Å². The maximum absolute atomic E-state index is 6.60. The topological polar surface area (TPSA) is 0 Å². The zero-order chi connectivity index (χ0) is 5.21. The van der Waals surface area contributed by atoms with Gasteiger partial charge in [0.25, 0.3) is 0 Å². The minimum Gasteiger partial charge on any atom is -0.693 e. The minimum absolute atomic E-state index is 0. The second-order valence-corrected chi connectivity index (χ2v) is 2.38. The molecule has 0 spiro atoms. The van der Waals surface area contributed by atoms with Crippen molar-refractivity contribution in [2.75, 3.05) is 0 Å². The first-order chi connectivity index (χ1) is 2.56. The Hall–Kier alpha value is 0.300. The Labute approximate surface area is 61.2 Å². The van der Waals surface area contributed by atoms with Crippen LogP contribution in [0.25, 0.3) is 0 Å². The summed E-state index contributed by atoms with van der Waals surface area (Å²) in [6, 6.07) is 0. The van der Waals surface area contributed by atoms with Gasteiger partial charge in [0, 0.05) is 0 Å². The zero-order valence-corrected chi connectivity index (χ0v) is 6.97. The molecule has 0 aromatic rings. The SMILES string of the molecule is [Au+].[C-]#CC(C)(C)C. The number of hydrogen-bond acceptors (Lipinski definition) is 0. The third kappa shape index (κ3) is 10.7. The van der Waals surface area contributed by atoms with Crippen molar-refractivity contribution in [1.82, 2.24) is 0 Å². The molecule has 0 aliphatic carbocycles. The average molecular weight is 278 g/mol. The zero-order valence-electron chi connectivity index (χ0n) is 4.80. The fraction of sp³-hybridized carbons (Fsp3) is 0.667. The van der Waals surface area contributed by atoms with Crippen LogP contribution in [0.4, 0.5) is 0 Å². The van der Waals surface area contributed by atoms with E-state index in [-0.39, 0.29) is 27.8 Å². The number of rotatable bonds is 0. The van der Waals surface area contributed by atoms with Crippen LogP contribution in [0.1, 0.15) is 20.8 Å². The van der Waals surface area contributed by atoms with Gasteiger partial charge in [-0.3, -0.25) is 0 Å². The van der Waals surface area contributed by atoms with Crippen molar-refractivity contribution in [2.24, 2.45) is 5.41 Å². The fourth-order valence-corrected chi connectivity index (χ4v) is 0. The molecule has 0 aliphatic rings. The molecule has 44 valence electrons. The maximum Gasteiger partial charge on any atom is 1.00 e. The molecule has 0 bridgehead atoms. The van der Waals surface area contributed by atoms with Gasteiger partial charge in [-0.1, -0.05) is 20.8 Å². The third-order valence-electron chi connectivity index (χ3n) is 0.375. The van der Waals surface area contributed by atoms with E-state index < -0.39 is 0 Å². The van der Waals surface area contributed by atoms with Gasteiger partial charge < -0.3 is 12.3 Å². The molecule has 0 aromatic heterocycles. The van der Waals surface area contributed by atoms with Crippen LogP contribution in [0, 0.1) is 17.8 Å². The van der Waals surface area contributed by atoms with E-state index in [1.807, 2.05) is 20.8 Å². The van der Waals surface area contributed by atoms with Crippen molar-refractivity contribution < 1.29 is 22.4 Å². The molecule has 0 rings (SSSR count). The van der Waals surface area contributed by atoms with E-state index in [0.717, 1.165) is 0 Å². The van der Waals surface area contributed by atoms with Gasteiger partial charge in [-0.25, -0.2) is 0 Å². The molecule has 0 N–H and O–H groups in total. The van der Waals surface area contributed by atoms with Gasteiger partial charge in [-0.2, -0.15) is 0 Å². The normalized spacial score (nSPS) is 8.86. The predicted molar refractivity (Wildman–Crippen MR) is 26.6 cm³/mol. The second-order valence-electron chi connectivity index (χ2n) is 2.38. The summed E-state index contributed by atoms with van der Waals surface area (Å²) in [4.78, 5) is 0. The molecule has 1 heteroatoms. The van der Waals surface area contributed by atoms with Gasteiger partial charge in [-0.15, -0.1) is 0 Å². The van der Waals surface area contributed by atoms with E-state index in [4.69, 9.17) is 6.42 Å². The summed E-state index contributed by atoms with van der Waals surface area (Å²) in [5.74, 6) is 2.35. The van der Waals surface area contributed by atoms with Crippen molar-refractivity contribution in [3.05, 3.63) is 6.42 Å². The molecule has 0 unspecified atom stereocenters.